The van der Waals surface area contributed by atoms with Crippen molar-refractivity contribution in [2.24, 2.45) is 0 Å². The van der Waals surface area contributed by atoms with Gasteiger partial charge in [0, 0.05) is 38.2 Å². The molecule has 118 valence electrons. The van der Waals surface area contributed by atoms with E-state index in [1.165, 1.54) is 4.90 Å². The molecule has 1 aromatic rings. The molecule has 1 aliphatic rings. The van der Waals surface area contributed by atoms with E-state index < -0.39 is 12.7 Å². The molecule has 1 saturated heterocycles. The van der Waals surface area contributed by atoms with Gasteiger partial charge in [-0.25, -0.2) is 9.97 Å². The molecule has 0 bridgehead atoms. The third-order valence-corrected chi connectivity index (χ3v) is 3.87. The third-order valence-electron chi connectivity index (χ3n) is 3.50. The largest absolute Gasteiger partial charge is 0.401 e. The van der Waals surface area contributed by atoms with Crippen molar-refractivity contribution in [3.8, 4) is 0 Å². The van der Waals surface area contributed by atoms with E-state index in [2.05, 4.69) is 9.97 Å². The highest BCUT2D eigenvalue weighted by Gasteiger charge is 2.32. The summed E-state index contributed by atoms with van der Waals surface area (Å²) in [7, 11) is 0. The fourth-order valence-electron chi connectivity index (χ4n) is 2.36. The summed E-state index contributed by atoms with van der Waals surface area (Å²) < 4.78 is 37.1. The standard InChI is InChI=1S/C13H18ClF3N4/c1-3-10-18-11(14)9(2)12(19-10)21-6-4-20(5-7-21)8-13(15,16)17/h3-8H2,1-2H3. The SMILES string of the molecule is CCc1nc(Cl)c(C)c(N2CCN(CC(F)(F)F)CC2)n1. The van der Waals surface area contributed by atoms with E-state index in [1.54, 1.807) is 0 Å². The molecule has 0 radical (unpaired) electrons. The summed E-state index contributed by atoms with van der Waals surface area (Å²) in [6.07, 6.45) is -3.48. The van der Waals surface area contributed by atoms with Crippen molar-refractivity contribution in [3.63, 3.8) is 0 Å². The average Bonchev–Trinajstić information content (AvgIpc) is 2.41. The zero-order chi connectivity index (χ0) is 15.6. The summed E-state index contributed by atoms with van der Waals surface area (Å²) in [5.41, 5.74) is 0.776. The van der Waals surface area contributed by atoms with Crippen molar-refractivity contribution in [2.45, 2.75) is 26.4 Å². The molecule has 0 amide bonds. The fourth-order valence-corrected chi connectivity index (χ4v) is 2.54. The Morgan fingerprint density at radius 1 is 1.14 bits per heavy atom. The molecule has 0 aliphatic carbocycles. The van der Waals surface area contributed by atoms with Crippen LogP contribution in [0.25, 0.3) is 0 Å². The molecule has 0 spiro atoms. The number of nitrogens with zero attached hydrogens (tertiary/aromatic N) is 4. The topological polar surface area (TPSA) is 32.3 Å². The first-order chi connectivity index (χ1) is 9.80. The number of piperazine rings is 1. The zero-order valence-electron chi connectivity index (χ0n) is 12.0. The molecule has 0 N–H and O–H groups in total. The van der Waals surface area contributed by atoms with Gasteiger partial charge in [0.25, 0.3) is 0 Å². The van der Waals surface area contributed by atoms with Crippen LogP contribution in [0.2, 0.25) is 5.15 Å². The van der Waals surface area contributed by atoms with Crippen LogP contribution in [0.15, 0.2) is 0 Å². The minimum absolute atomic E-state index is 0.363. The number of rotatable bonds is 3. The second-order valence-electron chi connectivity index (χ2n) is 5.11. The van der Waals surface area contributed by atoms with Gasteiger partial charge in [-0.05, 0) is 6.92 Å². The Bertz CT molecular complexity index is 499. The van der Waals surface area contributed by atoms with Crippen molar-refractivity contribution < 1.29 is 13.2 Å². The van der Waals surface area contributed by atoms with E-state index in [9.17, 15) is 13.2 Å². The van der Waals surface area contributed by atoms with Gasteiger partial charge in [-0.3, -0.25) is 4.90 Å². The number of alkyl halides is 3. The van der Waals surface area contributed by atoms with Gasteiger partial charge in [0.2, 0.25) is 0 Å². The minimum atomic E-state index is -4.15. The maximum atomic E-state index is 12.4. The number of anilines is 1. The van der Waals surface area contributed by atoms with Crippen molar-refractivity contribution in [1.82, 2.24) is 14.9 Å². The first kappa shape index (κ1) is 16.3. The van der Waals surface area contributed by atoms with Crippen LogP contribution in [-0.4, -0.2) is 53.8 Å². The number of halogens is 4. The molecule has 0 atom stereocenters. The van der Waals surface area contributed by atoms with E-state index in [-0.39, 0.29) is 0 Å². The molecule has 0 unspecified atom stereocenters. The summed E-state index contributed by atoms with van der Waals surface area (Å²) in [4.78, 5) is 12.0. The van der Waals surface area contributed by atoms with Gasteiger partial charge in [-0.2, -0.15) is 13.2 Å². The second-order valence-corrected chi connectivity index (χ2v) is 5.47. The zero-order valence-corrected chi connectivity index (χ0v) is 12.8. The van der Waals surface area contributed by atoms with Gasteiger partial charge in [0.05, 0.1) is 6.54 Å². The van der Waals surface area contributed by atoms with Crippen LogP contribution in [0.5, 0.6) is 0 Å². The van der Waals surface area contributed by atoms with Gasteiger partial charge in [0.15, 0.2) is 0 Å². The fraction of sp³-hybridized carbons (Fsp3) is 0.692. The van der Waals surface area contributed by atoms with Crippen molar-refractivity contribution in [1.29, 1.82) is 0 Å². The Kier molecular flexibility index (Phi) is 4.93. The highest BCUT2D eigenvalue weighted by molar-refractivity contribution is 6.30. The van der Waals surface area contributed by atoms with Crippen LogP contribution >= 0.6 is 11.6 Å². The molecule has 4 nitrogen and oxygen atoms in total. The summed E-state index contributed by atoms with van der Waals surface area (Å²) in [5.74, 6) is 1.39. The highest BCUT2D eigenvalue weighted by atomic mass is 35.5. The quantitative estimate of drug-likeness (QED) is 0.801. The Morgan fingerprint density at radius 3 is 2.29 bits per heavy atom. The maximum Gasteiger partial charge on any atom is 0.401 e. The molecule has 2 heterocycles. The van der Waals surface area contributed by atoms with Crippen LogP contribution in [0.1, 0.15) is 18.3 Å². The highest BCUT2D eigenvalue weighted by Crippen LogP contribution is 2.25. The van der Waals surface area contributed by atoms with E-state index in [1.807, 2.05) is 18.7 Å². The smallest absolute Gasteiger partial charge is 0.354 e. The number of hydrogen-bond acceptors (Lipinski definition) is 4. The average molecular weight is 323 g/mol. The Morgan fingerprint density at radius 2 is 1.76 bits per heavy atom. The van der Waals surface area contributed by atoms with Crippen LogP contribution in [0, 0.1) is 6.92 Å². The molecular weight excluding hydrogens is 305 g/mol. The first-order valence-corrected chi connectivity index (χ1v) is 7.25. The lowest BCUT2D eigenvalue weighted by Crippen LogP contribution is -2.49. The van der Waals surface area contributed by atoms with Crippen molar-refractivity contribution in [2.75, 3.05) is 37.6 Å². The monoisotopic (exact) mass is 322 g/mol. The van der Waals surface area contributed by atoms with Crippen LogP contribution in [0.3, 0.4) is 0 Å². The van der Waals surface area contributed by atoms with E-state index >= 15 is 0 Å². The number of aryl methyl sites for hydroxylation is 1. The summed E-state index contributed by atoms with van der Waals surface area (Å²) >= 11 is 6.10. The summed E-state index contributed by atoms with van der Waals surface area (Å²) in [5, 5.41) is 0.412. The van der Waals surface area contributed by atoms with Gasteiger partial charge in [-0.15, -0.1) is 0 Å². The molecule has 8 heteroatoms. The lowest BCUT2D eigenvalue weighted by atomic mass is 10.2. The minimum Gasteiger partial charge on any atom is -0.354 e. The third kappa shape index (κ3) is 4.20. The predicted octanol–water partition coefficient (Wildman–Crippen LogP) is 2.69. The Hall–Kier alpha value is -1.08. The predicted molar refractivity (Wildman–Crippen MR) is 75.9 cm³/mol. The molecule has 0 aromatic carbocycles. The molecule has 1 aromatic heterocycles. The van der Waals surface area contributed by atoms with Gasteiger partial charge >= 0.3 is 6.18 Å². The van der Waals surface area contributed by atoms with Crippen molar-refractivity contribution in [3.05, 3.63) is 16.5 Å². The Labute approximate surface area is 126 Å². The molecule has 2 rings (SSSR count). The summed E-state index contributed by atoms with van der Waals surface area (Å²) in [6.45, 7) is 4.65. The molecular formula is C13H18ClF3N4. The van der Waals surface area contributed by atoms with Crippen LogP contribution in [0.4, 0.5) is 19.0 Å². The molecule has 1 fully saturated rings. The van der Waals surface area contributed by atoms with Gasteiger partial charge < -0.3 is 4.90 Å². The number of aromatic nitrogens is 2. The lowest BCUT2D eigenvalue weighted by Gasteiger charge is -2.36. The second kappa shape index (κ2) is 6.36. The number of hydrogen-bond donors (Lipinski definition) is 0. The summed E-state index contributed by atoms with van der Waals surface area (Å²) in [6, 6.07) is 0. The lowest BCUT2D eigenvalue weighted by molar-refractivity contribution is -0.146. The molecule has 1 aliphatic heterocycles. The van der Waals surface area contributed by atoms with Crippen LogP contribution < -0.4 is 4.90 Å². The molecule has 0 saturated carbocycles. The maximum absolute atomic E-state index is 12.4. The first-order valence-electron chi connectivity index (χ1n) is 6.87. The normalized spacial score (nSPS) is 17.3. The van der Waals surface area contributed by atoms with Gasteiger partial charge in [0.1, 0.15) is 16.8 Å². The van der Waals surface area contributed by atoms with Crippen molar-refractivity contribution >= 4 is 17.4 Å². The van der Waals surface area contributed by atoms with Crippen LogP contribution in [-0.2, 0) is 6.42 Å². The van der Waals surface area contributed by atoms with E-state index in [4.69, 9.17) is 11.6 Å². The Balaban J connectivity index is 2.07. The van der Waals surface area contributed by atoms with E-state index in [0.717, 1.165) is 11.4 Å². The van der Waals surface area contributed by atoms with Gasteiger partial charge in [-0.1, -0.05) is 18.5 Å². The van der Waals surface area contributed by atoms with E-state index in [0.29, 0.717) is 43.6 Å². The molecule has 21 heavy (non-hydrogen) atoms.